The van der Waals surface area contributed by atoms with Crippen LogP contribution in [0.2, 0.25) is 0 Å². The molecule has 4 rings (SSSR count). The number of carbonyl (C=O) groups is 1. The molecule has 0 aliphatic rings. The fourth-order valence-corrected chi connectivity index (χ4v) is 3.19. The first-order valence-corrected chi connectivity index (χ1v) is 9.07. The molecule has 0 unspecified atom stereocenters. The third kappa shape index (κ3) is 3.43. The van der Waals surface area contributed by atoms with E-state index in [2.05, 4.69) is 15.3 Å². The number of rotatable bonds is 3. The van der Waals surface area contributed by atoms with Gasteiger partial charge in [0.15, 0.2) is 17.3 Å². The number of carbonyl (C=O) groups excluding carboxylic acids is 1. The monoisotopic (exact) mass is 406 g/mol. The van der Waals surface area contributed by atoms with Crippen molar-refractivity contribution < 1.29 is 13.6 Å². The second-order valence-corrected chi connectivity index (χ2v) is 6.76. The lowest BCUT2D eigenvalue weighted by Gasteiger charge is -2.14. The third-order valence-corrected chi connectivity index (χ3v) is 4.71. The molecule has 0 saturated carbocycles. The van der Waals surface area contributed by atoms with Gasteiger partial charge in [0.05, 0.1) is 11.1 Å². The molecule has 8 heteroatoms. The molecule has 2 aromatic carbocycles. The molecular formula is C22H16F2N4O2. The minimum Gasteiger partial charge on any atom is -0.322 e. The maximum absolute atomic E-state index is 13.4. The number of hydrogen-bond acceptors (Lipinski definition) is 4. The van der Waals surface area contributed by atoms with Crippen LogP contribution in [0.15, 0.2) is 59.5 Å². The van der Waals surface area contributed by atoms with Crippen LogP contribution >= 0.6 is 0 Å². The number of amides is 1. The van der Waals surface area contributed by atoms with Gasteiger partial charge in [-0.25, -0.2) is 18.7 Å². The molecule has 0 radical (unpaired) electrons. The van der Waals surface area contributed by atoms with E-state index in [4.69, 9.17) is 0 Å². The van der Waals surface area contributed by atoms with Crippen molar-refractivity contribution in [3.8, 4) is 5.69 Å². The molecule has 0 atom stereocenters. The number of fused-ring (bicyclic) bond motifs is 1. The number of nitrogens with zero attached hydrogens (tertiary/aromatic N) is 3. The van der Waals surface area contributed by atoms with Crippen LogP contribution in [-0.2, 0) is 0 Å². The van der Waals surface area contributed by atoms with Gasteiger partial charge >= 0.3 is 0 Å². The standard InChI is InChI=1S/C22H16F2N4O2/c1-12-10-15(28-13(2)26-20-16(22(28)30)4-3-9-25-20)6-8-19(12)27-21(29)14-5-7-17(23)18(24)11-14/h3-11H,1-2H3,(H,27,29). The Morgan fingerprint density at radius 2 is 1.83 bits per heavy atom. The second kappa shape index (κ2) is 7.47. The van der Waals surface area contributed by atoms with Gasteiger partial charge in [-0.1, -0.05) is 0 Å². The van der Waals surface area contributed by atoms with Gasteiger partial charge in [-0.15, -0.1) is 0 Å². The fraction of sp³-hybridized carbons (Fsp3) is 0.0909. The number of benzene rings is 2. The van der Waals surface area contributed by atoms with Crippen molar-refractivity contribution in [3.05, 3.63) is 93.7 Å². The summed E-state index contributed by atoms with van der Waals surface area (Å²) in [7, 11) is 0. The van der Waals surface area contributed by atoms with Crippen LogP contribution in [0.3, 0.4) is 0 Å². The quantitative estimate of drug-likeness (QED) is 0.559. The van der Waals surface area contributed by atoms with E-state index in [9.17, 15) is 18.4 Å². The Labute approximate surface area is 169 Å². The fourth-order valence-electron chi connectivity index (χ4n) is 3.19. The summed E-state index contributed by atoms with van der Waals surface area (Å²) in [5.41, 5.74) is 1.87. The molecule has 0 fully saturated rings. The molecule has 30 heavy (non-hydrogen) atoms. The van der Waals surface area contributed by atoms with Crippen molar-refractivity contribution >= 4 is 22.6 Å². The highest BCUT2D eigenvalue weighted by Crippen LogP contribution is 2.21. The van der Waals surface area contributed by atoms with Gasteiger partial charge < -0.3 is 5.32 Å². The predicted molar refractivity (Wildman–Crippen MR) is 109 cm³/mol. The number of aryl methyl sites for hydroxylation is 2. The van der Waals surface area contributed by atoms with Crippen LogP contribution in [0.25, 0.3) is 16.7 Å². The average molecular weight is 406 g/mol. The first-order chi connectivity index (χ1) is 14.3. The molecule has 0 aliphatic carbocycles. The van der Waals surface area contributed by atoms with Crippen LogP contribution < -0.4 is 10.9 Å². The summed E-state index contributed by atoms with van der Waals surface area (Å²) in [5.74, 6) is -2.21. The second-order valence-electron chi connectivity index (χ2n) is 6.76. The summed E-state index contributed by atoms with van der Waals surface area (Å²) < 4.78 is 27.9. The Morgan fingerprint density at radius 3 is 2.57 bits per heavy atom. The summed E-state index contributed by atoms with van der Waals surface area (Å²) in [6.45, 7) is 3.48. The molecule has 0 saturated heterocycles. The Bertz CT molecular complexity index is 1370. The normalized spacial score (nSPS) is 10.9. The maximum Gasteiger partial charge on any atom is 0.267 e. The molecule has 2 aromatic heterocycles. The minimum absolute atomic E-state index is 0.00401. The van der Waals surface area contributed by atoms with Crippen LogP contribution in [0.1, 0.15) is 21.7 Å². The summed E-state index contributed by atoms with van der Waals surface area (Å²) in [4.78, 5) is 33.8. The van der Waals surface area contributed by atoms with E-state index in [1.165, 1.54) is 10.6 Å². The first kappa shape index (κ1) is 19.4. The zero-order valence-electron chi connectivity index (χ0n) is 16.1. The van der Waals surface area contributed by atoms with E-state index >= 15 is 0 Å². The van der Waals surface area contributed by atoms with E-state index in [1.807, 2.05) is 0 Å². The Morgan fingerprint density at radius 1 is 1.03 bits per heavy atom. The Balaban J connectivity index is 1.69. The van der Waals surface area contributed by atoms with E-state index in [0.717, 1.165) is 12.1 Å². The van der Waals surface area contributed by atoms with Gasteiger partial charge in [0, 0.05) is 17.4 Å². The van der Waals surface area contributed by atoms with Crippen LogP contribution in [0.4, 0.5) is 14.5 Å². The topological polar surface area (TPSA) is 76.9 Å². The predicted octanol–water partition coefficient (Wildman–Crippen LogP) is 3.93. The zero-order chi connectivity index (χ0) is 21.4. The van der Waals surface area contributed by atoms with Crippen LogP contribution in [-0.4, -0.2) is 20.4 Å². The van der Waals surface area contributed by atoms with Gasteiger partial charge in [0.1, 0.15) is 5.82 Å². The summed E-state index contributed by atoms with van der Waals surface area (Å²) in [6, 6.07) is 11.3. The molecule has 4 aromatic rings. The molecule has 6 nitrogen and oxygen atoms in total. The van der Waals surface area contributed by atoms with Gasteiger partial charge in [0.2, 0.25) is 0 Å². The lowest BCUT2D eigenvalue weighted by molar-refractivity contribution is 0.102. The van der Waals surface area contributed by atoms with Gasteiger partial charge in [-0.3, -0.25) is 14.2 Å². The highest BCUT2D eigenvalue weighted by Gasteiger charge is 2.14. The molecule has 150 valence electrons. The van der Waals surface area contributed by atoms with Gasteiger partial charge in [-0.05, 0) is 67.9 Å². The van der Waals surface area contributed by atoms with Crippen molar-refractivity contribution in [2.45, 2.75) is 13.8 Å². The molecule has 1 amide bonds. The molecule has 2 heterocycles. The van der Waals surface area contributed by atoms with E-state index in [-0.39, 0.29) is 11.1 Å². The average Bonchev–Trinajstić information content (AvgIpc) is 2.72. The highest BCUT2D eigenvalue weighted by atomic mass is 19.2. The van der Waals surface area contributed by atoms with Crippen LogP contribution in [0.5, 0.6) is 0 Å². The number of anilines is 1. The third-order valence-electron chi connectivity index (χ3n) is 4.71. The van der Waals surface area contributed by atoms with E-state index in [1.54, 1.807) is 50.4 Å². The van der Waals surface area contributed by atoms with Gasteiger partial charge in [0.25, 0.3) is 11.5 Å². The molecule has 0 aliphatic heterocycles. The maximum atomic E-state index is 13.4. The minimum atomic E-state index is -1.09. The summed E-state index contributed by atoms with van der Waals surface area (Å²) >= 11 is 0. The first-order valence-electron chi connectivity index (χ1n) is 9.07. The molecule has 0 bridgehead atoms. The van der Waals surface area contributed by atoms with Crippen molar-refractivity contribution in [1.29, 1.82) is 0 Å². The van der Waals surface area contributed by atoms with E-state index < -0.39 is 17.5 Å². The lowest BCUT2D eigenvalue weighted by Crippen LogP contribution is -2.23. The van der Waals surface area contributed by atoms with Gasteiger partial charge in [-0.2, -0.15) is 0 Å². The molecule has 1 N–H and O–H groups in total. The number of halogens is 2. The molecular weight excluding hydrogens is 390 g/mol. The van der Waals surface area contributed by atoms with Crippen LogP contribution in [0, 0.1) is 25.5 Å². The van der Waals surface area contributed by atoms with Crippen molar-refractivity contribution in [2.24, 2.45) is 0 Å². The largest absolute Gasteiger partial charge is 0.322 e. The number of nitrogens with one attached hydrogen (secondary N) is 1. The van der Waals surface area contributed by atoms with Crippen molar-refractivity contribution in [1.82, 2.24) is 14.5 Å². The Hall–Kier alpha value is -3.94. The SMILES string of the molecule is Cc1cc(-n2c(C)nc3ncccc3c2=O)ccc1NC(=O)c1ccc(F)c(F)c1. The Kier molecular flexibility index (Phi) is 4.83. The lowest BCUT2D eigenvalue weighted by atomic mass is 10.1. The van der Waals surface area contributed by atoms with Crippen molar-refractivity contribution in [3.63, 3.8) is 0 Å². The highest BCUT2D eigenvalue weighted by molar-refractivity contribution is 6.04. The zero-order valence-corrected chi connectivity index (χ0v) is 16.1. The summed E-state index contributed by atoms with van der Waals surface area (Å²) in [6.07, 6.45) is 1.58. The number of hydrogen-bond donors (Lipinski definition) is 1. The van der Waals surface area contributed by atoms with Crippen molar-refractivity contribution in [2.75, 3.05) is 5.32 Å². The molecule has 0 spiro atoms. The smallest absolute Gasteiger partial charge is 0.267 e. The number of aromatic nitrogens is 3. The summed E-state index contributed by atoms with van der Waals surface area (Å²) in [5, 5.41) is 3.07. The number of pyridine rings is 1. The van der Waals surface area contributed by atoms with E-state index in [0.29, 0.717) is 33.8 Å².